The molecule has 2 nitrogen and oxygen atoms in total. The summed E-state index contributed by atoms with van der Waals surface area (Å²) in [5.74, 6) is 0. The summed E-state index contributed by atoms with van der Waals surface area (Å²) < 4.78 is 9.11. The number of nitrogens with zero attached hydrogens (tertiary/aromatic N) is 1. The zero-order chi connectivity index (χ0) is 38.5. The van der Waals surface area contributed by atoms with Crippen LogP contribution in [-0.4, -0.2) is 0 Å². The summed E-state index contributed by atoms with van der Waals surface area (Å²) in [6, 6.07) is 68.9. The van der Waals surface area contributed by atoms with Crippen molar-refractivity contribution in [2.45, 2.75) is 19.3 Å². The van der Waals surface area contributed by atoms with Gasteiger partial charge in [0.25, 0.3) is 0 Å². The minimum absolute atomic E-state index is 0.154. The molecule has 0 unspecified atom stereocenters. The third kappa shape index (κ3) is 4.77. The third-order valence-corrected chi connectivity index (χ3v) is 13.7. The molecule has 0 aliphatic heterocycles. The molecule has 0 saturated heterocycles. The Bertz CT molecular complexity index is 3420. The third-order valence-electron chi connectivity index (χ3n) is 12.5. The molecule has 0 amide bonds. The van der Waals surface area contributed by atoms with E-state index in [2.05, 4.69) is 201 Å². The molecule has 2 aromatic heterocycles. The summed E-state index contributed by atoms with van der Waals surface area (Å²) in [6.07, 6.45) is 0. The highest BCUT2D eigenvalue weighted by molar-refractivity contribution is 7.26. The first kappa shape index (κ1) is 33.2. The van der Waals surface area contributed by atoms with Crippen molar-refractivity contribution in [1.82, 2.24) is 0 Å². The Balaban J connectivity index is 1.17. The second kappa shape index (κ2) is 12.5. The Hall–Kier alpha value is -6.94. The fourth-order valence-corrected chi connectivity index (χ4v) is 11.0. The number of hydrogen-bond acceptors (Lipinski definition) is 3. The summed E-state index contributed by atoms with van der Waals surface area (Å²) in [6.45, 7) is 4.74. The van der Waals surface area contributed by atoms with Gasteiger partial charge in [-0.3, -0.25) is 0 Å². The Labute approximate surface area is 340 Å². The largest absolute Gasteiger partial charge is 0.455 e. The van der Waals surface area contributed by atoms with E-state index in [9.17, 15) is 0 Å². The minimum atomic E-state index is -0.154. The van der Waals surface area contributed by atoms with Gasteiger partial charge in [-0.2, -0.15) is 0 Å². The van der Waals surface area contributed by atoms with E-state index in [0.29, 0.717) is 0 Å². The van der Waals surface area contributed by atoms with Crippen LogP contribution in [0.1, 0.15) is 25.0 Å². The van der Waals surface area contributed by atoms with Crippen LogP contribution < -0.4 is 4.90 Å². The second-order valence-corrected chi connectivity index (χ2v) is 17.1. The number of furan rings is 1. The number of thiophene rings is 1. The van der Waals surface area contributed by atoms with Gasteiger partial charge in [-0.05, 0) is 75.2 Å². The maximum atomic E-state index is 6.52. The van der Waals surface area contributed by atoms with E-state index in [1.807, 2.05) is 17.4 Å². The van der Waals surface area contributed by atoms with E-state index < -0.39 is 0 Å². The Morgan fingerprint density at radius 3 is 1.95 bits per heavy atom. The van der Waals surface area contributed by atoms with Gasteiger partial charge < -0.3 is 9.32 Å². The molecule has 0 saturated carbocycles. The van der Waals surface area contributed by atoms with Crippen molar-refractivity contribution in [1.29, 1.82) is 0 Å². The fourth-order valence-electron chi connectivity index (χ4n) is 9.75. The van der Waals surface area contributed by atoms with Crippen LogP contribution in [-0.2, 0) is 5.41 Å². The maximum absolute atomic E-state index is 6.52. The molecule has 0 radical (unpaired) electrons. The van der Waals surface area contributed by atoms with Crippen molar-refractivity contribution in [3.63, 3.8) is 0 Å². The van der Waals surface area contributed by atoms with E-state index in [0.717, 1.165) is 44.4 Å². The normalized spacial score (nSPS) is 13.1. The first-order valence-corrected chi connectivity index (χ1v) is 20.8. The van der Waals surface area contributed by atoms with Gasteiger partial charge in [0.1, 0.15) is 11.2 Å². The summed E-state index contributed by atoms with van der Waals surface area (Å²) in [4.78, 5) is 2.54. The lowest BCUT2D eigenvalue weighted by Gasteiger charge is -2.31. The molecule has 0 bridgehead atoms. The van der Waals surface area contributed by atoms with E-state index in [-0.39, 0.29) is 5.41 Å². The van der Waals surface area contributed by atoms with Gasteiger partial charge >= 0.3 is 0 Å². The van der Waals surface area contributed by atoms with Crippen molar-refractivity contribution >= 4 is 81.3 Å². The van der Waals surface area contributed by atoms with Gasteiger partial charge in [0, 0.05) is 64.2 Å². The highest BCUT2D eigenvalue weighted by Crippen LogP contribution is 2.55. The van der Waals surface area contributed by atoms with E-state index in [1.54, 1.807) is 0 Å². The lowest BCUT2D eigenvalue weighted by atomic mass is 9.82. The molecule has 274 valence electrons. The van der Waals surface area contributed by atoms with Crippen LogP contribution in [0.2, 0.25) is 0 Å². The van der Waals surface area contributed by atoms with E-state index >= 15 is 0 Å². The number of rotatable bonds is 5. The molecule has 2 heterocycles. The average molecular weight is 760 g/mol. The van der Waals surface area contributed by atoms with Gasteiger partial charge in [0.15, 0.2) is 0 Å². The molecule has 3 heteroatoms. The number of benzene rings is 9. The zero-order valence-electron chi connectivity index (χ0n) is 32.2. The zero-order valence-corrected chi connectivity index (χ0v) is 33.0. The summed E-state index contributed by atoms with van der Waals surface area (Å²) in [5, 5.41) is 7.34. The van der Waals surface area contributed by atoms with Gasteiger partial charge in [-0.15, -0.1) is 11.3 Å². The summed E-state index contributed by atoms with van der Waals surface area (Å²) in [5.41, 5.74) is 15.1. The Morgan fingerprint density at radius 1 is 0.466 bits per heavy atom. The van der Waals surface area contributed by atoms with E-state index in [4.69, 9.17) is 4.42 Å². The number of fused-ring (bicyclic) bond motifs is 11. The SMILES string of the molecule is CC1(C)c2ccccc2-c2ccc(N(c3ccc(-c4cccc5c4oc4ccccc45)cc3)c3c(-c4ccccc4)c4ccccc4c4sc5ccccc5c34)cc21. The Kier molecular flexibility index (Phi) is 7.18. The first-order valence-electron chi connectivity index (χ1n) is 20.0. The first-order chi connectivity index (χ1) is 28.5. The average Bonchev–Trinajstić information content (AvgIpc) is 3.93. The molecule has 58 heavy (non-hydrogen) atoms. The predicted molar refractivity (Wildman–Crippen MR) is 247 cm³/mol. The highest BCUT2D eigenvalue weighted by Gasteiger charge is 2.36. The lowest BCUT2D eigenvalue weighted by Crippen LogP contribution is -2.17. The van der Waals surface area contributed by atoms with Gasteiger partial charge in [-0.1, -0.05) is 166 Å². The lowest BCUT2D eigenvalue weighted by molar-refractivity contribution is 0.660. The second-order valence-electron chi connectivity index (χ2n) is 16.0. The molecule has 12 rings (SSSR count). The molecule has 1 aliphatic carbocycles. The number of anilines is 3. The van der Waals surface area contributed by atoms with Crippen LogP contribution in [0.15, 0.2) is 192 Å². The summed E-state index contributed by atoms with van der Waals surface area (Å²) >= 11 is 1.89. The molecular weight excluding hydrogens is 723 g/mol. The van der Waals surface area contributed by atoms with Crippen molar-refractivity contribution in [3.8, 4) is 33.4 Å². The van der Waals surface area contributed by atoms with Crippen molar-refractivity contribution in [2.24, 2.45) is 0 Å². The number of hydrogen-bond donors (Lipinski definition) is 0. The van der Waals surface area contributed by atoms with Crippen LogP contribution >= 0.6 is 11.3 Å². The smallest absolute Gasteiger partial charge is 0.143 e. The molecule has 0 spiro atoms. The minimum Gasteiger partial charge on any atom is -0.455 e. The standard InChI is InChI=1S/C55H37NOS/c1-55(2)46-24-11-8-17-39(46)40-32-31-37(33-47(40)55)56(36-29-27-34(28-30-36)38-22-14-23-43-41-18-9-12-25-48(41)57-53(38)43)52-50(35-15-4-3-5-16-35)42-19-6-7-20-44(42)54-51(52)45-21-10-13-26-49(45)58-54/h3-33H,1-2H3. The van der Waals surface area contributed by atoms with Crippen molar-refractivity contribution in [2.75, 3.05) is 4.90 Å². The quantitative estimate of drug-likeness (QED) is 0.174. The topological polar surface area (TPSA) is 16.4 Å². The predicted octanol–water partition coefficient (Wildman–Crippen LogP) is 16.2. The highest BCUT2D eigenvalue weighted by atomic mass is 32.1. The molecule has 1 aliphatic rings. The van der Waals surface area contributed by atoms with Crippen LogP contribution in [0.3, 0.4) is 0 Å². The molecule has 9 aromatic carbocycles. The summed E-state index contributed by atoms with van der Waals surface area (Å²) in [7, 11) is 0. The van der Waals surface area contributed by atoms with Crippen LogP contribution in [0, 0.1) is 0 Å². The van der Waals surface area contributed by atoms with Crippen molar-refractivity contribution < 1.29 is 4.42 Å². The van der Waals surface area contributed by atoms with Crippen LogP contribution in [0.5, 0.6) is 0 Å². The molecule has 0 N–H and O–H groups in total. The van der Waals surface area contributed by atoms with Gasteiger partial charge in [-0.25, -0.2) is 0 Å². The molecule has 0 atom stereocenters. The molecular formula is C55H37NOS. The van der Waals surface area contributed by atoms with Crippen molar-refractivity contribution in [3.05, 3.63) is 199 Å². The molecule has 0 fully saturated rings. The van der Waals surface area contributed by atoms with Gasteiger partial charge in [0.2, 0.25) is 0 Å². The van der Waals surface area contributed by atoms with Crippen LogP contribution in [0.25, 0.3) is 86.3 Å². The Morgan fingerprint density at radius 2 is 1.10 bits per heavy atom. The fraction of sp³-hybridized carbons (Fsp3) is 0.0545. The molecule has 11 aromatic rings. The van der Waals surface area contributed by atoms with E-state index in [1.165, 1.54) is 70.0 Å². The number of para-hydroxylation sites is 2. The monoisotopic (exact) mass is 759 g/mol. The van der Waals surface area contributed by atoms with Gasteiger partial charge in [0.05, 0.1) is 5.69 Å². The maximum Gasteiger partial charge on any atom is 0.143 e. The van der Waals surface area contributed by atoms with Crippen LogP contribution in [0.4, 0.5) is 17.1 Å².